The molecule has 0 bridgehead atoms. The Morgan fingerprint density at radius 3 is 2.70 bits per heavy atom. The first-order valence-electron chi connectivity index (χ1n) is 8.54. The molecule has 2 aromatic carbocycles. The number of carbonyl (C=O) groups excluding carboxylic acids is 1. The number of rotatable bonds is 7. The van der Waals surface area contributed by atoms with Gasteiger partial charge in [0.1, 0.15) is 0 Å². The van der Waals surface area contributed by atoms with Crippen LogP contribution in [0.1, 0.15) is 12.0 Å². The molecule has 7 nitrogen and oxygen atoms in total. The number of aryl methyl sites for hydroxylation is 1. The second-order valence-electron chi connectivity index (χ2n) is 5.94. The monoisotopic (exact) mass is 367 g/mol. The van der Waals surface area contributed by atoms with Gasteiger partial charge in [-0.2, -0.15) is 0 Å². The predicted molar refractivity (Wildman–Crippen MR) is 102 cm³/mol. The molecule has 0 saturated heterocycles. The molecule has 7 heteroatoms. The van der Waals surface area contributed by atoms with Crippen molar-refractivity contribution in [2.24, 2.45) is 0 Å². The standard InChI is InChI=1S/C20H21N3O4/c1-26-17-9-5-6-14(19(17)27-2)12-21-18(24)10-11-23-13-22-16-8-4-3-7-15(16)20(23)25/h3-9,13H,10-12H2,1-2H3,(H,21,24). The molecule has 1 N–H and O–H groups in total. The molecule has 0 saturated carbocycles. The average molecular weight is 367 g/mol. The molecule has 0 aliphatic carbocycles. The summed E-state index contributed by atoms with van der Waals surface area (Å²) in [5.41, 5.74) is 1.31. The molecule has 140 valence electrons. The molecule has 0 radical (unpaired) electrons. The number of nitrogens with zero attached hydrogens (tertiary/aromatic N) is 2. The maximum absolute atomic E-state index is 12.4. The van der Waals surface area contributed by atoms with E-state index in [1.54, 1.807) is 38.5 Å². The number of amides is 1. The Bertz CT molecular complexity index is 1010. The quantitative estimate of drug-likeness (QED) is 0.692. The van der Waals surface area contributed by atoms with Crippen molar-refractivity contribution in [1.82, 2.24) is 14.9 Å². The summed E-state index contributed by atoms with van der Waals surface area (Å²) in [4.78, 5) is 28.9. The van der Waals surface area contributed by atoms with Crippen molar-refractivity contribution in [1.29, 1.82) is 0 Å². The zero-order valence-electron chi connectivity index (χ0n) is 15.3. The van der Waals surface area contributed by atoms with Gasteiger partial charge in [-0.25, -0.2) is 4.98 Å². The van der Waals surface area contributed by atoms with Gasteiger partial charge in [0, 0.05) is 25.1 Å². The fourth-order valence-electron chi connectivity index (χ4n) is 2.86. The summed E-state index contributed by atoms with van der Waals surface area (Å²) < 4.78 is 12.1. The van der Waals surface area contributed by atoms with Crippen LogP contribution in [0.15, 0.2) is 53.6 Å². The van der Waals surface area contributed by atoms with Gasteiger partial charge in [-0.3, -0.25) is 14.2 Å². The minimum Gasteiger partial charge on any atom is -0.493 e. The first-order chi connectivity index (χ1) is 13.1. The zero-order valence-corrected chi connectivity index (χ0v) is 15.3. The van der Waals surface area contributed by atoms with E-state index in [4.69, 9.17) is 9.47 Å². The SMILES string of the molecule is COc1cccc(CNC(=O)CCn2cnc3ccccc3c2=O)c1OC. The van der Waals surface area contributed by atoms with Crippen molar-refractivity contribution >= 4 is 16.8 Å². The van der Waals surface area contributed by atoms with Crippen molar-refractivity contribution in [3.05, 3.63) is 64.7 Å². The number of benzene rings is 2. The normalized spacial score (nSPS) is 10.6. The molecule has 1 aromatic heterocycles. The van der Waals surface area contributed by atoms with Crippen molar-refractivity contribution in [3.8, 4) is 11.5 Å². The highest BCUT2D eigenvalue weighted by molar-refractivity contribution is 5.77. The Hall–Kier alpha value is -3.35. The minimum absolute atomic E-state index is 0.150. The number of hydrogen-bond acceptors (Lipinski definition) is 5. The van der Waals surface area contributed by atoms with Gasteiger partial charge in [0.05, 0.1) is 31.4 Å². The number of para-hydroxylation sites is 2. The van der Waals surface area contributed by atoms with E-state index in [-0.39, 0.29) is 24.4 Å². The van der Waals surface area contributed by atoms with E-state index < -0.39 is 0 Å². The zero-order chi connectivity index (χ0) is 19.2. The summed E-state index contributed by atoms with van der Waals surface area (Å²) >= 11 is 0. The molecule has 3 aromatic rings. The second kappa shape index (κ2) is 8.35. The topological polar surface area (TPSA) is 82.5 Å². The molecule has 0 unspecified atom stereocenters. The highest BCUT2D eigenvalue weighted by Crippen LogP contribution is 2.30. The molecule has 1 heterocycles. The molecule has 0 spiro atoms. The maximum Gasteiger partial charge on any atom is 0.261 e. The Labute approximate surface area is 156 Å². The Balaban J connectivity index is 1.63. The fraction of sp³-hybridized carbons (Fsp3) is 0.250. The Kier molecular flexibility index (Phi) is 5.71. The van der Waals surface area contributed by atoms with Crippen LogP contribution >= 0.6 is 0 Å². The minimum atomic E-state index is -0.167. The van der Waals surface area contributed by atoms with Crippen LogP contribution in [0, 0.1) is 0 Å². The van der Waals surface area contributed by atoms with Crippen molar-refractivity contribution in [3.63, 3.8) is 0 Å². The number of methoxy groups -OCH3 is 2. The Morgan fingerprint density at radius 1 is 1.11 bits per heavy atom. The highest BCUT2D eigenvalue weighted by Gasteiger charge is 2.11. The lowest BCUT2D eigenvalue weighted by Gasteiger charge is -2.13. The molecular weight excluding hydrogens is 346 g/mol. The summed E-state index contributed by atoms with van der Waals surface area (Å²) in [6, 6.07) is 12.6. The van der Waals surface area contributed by atoms with Gasteiger partial charge in [-0.05, 0) is 18.2 Å². The van der Waals surface area contributed by atoms with Crippen LogP contribution in [0.4, 0.5) is 0 Å². The third-order valence-corrected chi connectivity index (χ3v) is 4.27. The summed E-state index contributed by atoms with van der Waals surface area (Å²) in [6.07, 6.45) is 1.65. The van der Waals surface area contributed by atoms with Crippen LogP contribution in [-0.2, 0) is 17.9 Å². The van der Waals surface area contributed by atoms with Crippen LogP contribution in [0.2, 0.25) is 0 Å². The molecule has 1 amide bonds. The van der Waals surface area contributed by atoms with Crippen LogP contribution < -0.4 is 20.3 Å². The van der Waals surface area contributed by atoms with Gasteiger partial charge in [-0.1, -0.05) is 24.3 Å². The number of nitrogens with one attached hydrogen (secondary N) is 1. The second-order valence-corrected chi connectivity index (χ2v) is 5.94. The number of fused-ring (bicyclic) bond motifs is 1. The Morgan fingerprint density at radius 2 is 1.93 bits per heavy atom. The van der Waals surface area contributed by atoms with E-state index in [0.717, 1.165) is 5.56 Å². The number of aromatic nitrogens is 2. The summed E-state index contributed by atoms with van der Waals surface area (Å²) in [6.45, 7) is 0.571. The van der Waals surface area contributed by atoms with Gasteiger partial charge in [0.2, 0.25) is 5.91 Å². The van der Waals surface area contributed by atoms with E-state index in [9.17, 15) is 9.59 Å². The van der Waals surface area contributed by atoms with Gasteiger partial charge in [-0.15, -0.1) is 0 Å². The molecule has 0 atom stereocenters. The predicted octanol–water partition coefficient (Wildman–Crippen LogP) is 2.12. The number of ether oxygens (including phenoxy) is 2. The first-order valence-corrected chi connectivity index (χ1v) is 8.54. The maximum atomic E-state index is 12.4. The summed E-state index contributed by atoms with van der Waals surface area (Å²) in [5.74, 6) is 1.04. The number of carbonyl (C=O) groups is 1. The molecule has 0 fully saturated rings. The van der Waals surface area contributed by atoms with Gasteiger partial charge >= 0.3 is 0 Å². The van der Waals surface area contributed by atoms with Crippen LogP contribution in [-0.4, -0.2) is 29.7 Å². The van der Waals surface area contributed by atoms with E-state index >= 15 is 0 Å². The van der Waals surface area contributed by atoms with Gasteiger partial charge < -0.3 is 14.8 Å². The lowest BCUT2D eigenvalue weighted by molar-refractivity contribution is -0.121. The molecular formula is C20H21N3O4. The summed E-state index contributed by atoms with van der Waals surface area (Å²) in [5, 5.41) is 3.38. The van der Waals surface area contributed by atoms with Crippen molar-refractivity contribution in [2.75, 3.05) is 14.2 Å². The lowest BCUT2D eigenvalue weighted by atomic mass is 10.2. The third kappa shape index (κ3) is 4.08. The smallest absolute Gasteiger partial charge is 0.261 e. The molecule has 3 rings (SSSR count). The van der Waals surface area contributed by atoms with Crippen LogP contribution in [0.5, 0.6) is 11.5 Å². The van der Waals surface area contributed by atoms with E-state index in [1.165, 1.54) is 10.9 Å². The lowest BCUT2D eigenvalue weighted by Crippen LogP contribution is -2.27. The van der Waals surface area contributed by atoms with E-state index in [0.29, 0.717) is 28.9 Å². The largest absolute Gasteiger partial charge is 0.493 e. The van der Waals surface area contributed by atoms with Crippen LogP contribution in [0.3, 0.4) is 0 Å². The van der Waals surface area contributed by atoms with Gasteiger partial charge in [0.15, 0.2) is 11.5 Å². The third-order valence-electron chi connectivity index (χ3n) is 4.27. The highest BCUT2D eigenvalue weighted by atomic mass is 16.5. The molecule has 0 aliphatic rings. The van der Waals surface area contributed by atoms with Crippen LogP contribution in [0.25, 0.3) is 10.9 Å². The van der Waals surface area contributed by atoms with Crippen molar-refractivity contribution in [2.45, 2.75) is 19.5 Å². The summed E-state index contributed by atoms with van der Waals surface area (Å²) in [7, 11) is 3.12. The van der Waals surface area contributed by atoms with E-state index in [2.05, 4.69) is 10.3 Å². The number of hydrogen-bond donors (Lipinski definition) is 1. The fourth-order valence-corrected chi connectivity index (χ4v) is 2.86. The molecule has 0 aliphatic heterocycles. The van der Waals surface area contributed by atoms with E-state index in [1.807, 2.05) is 18.2 Å². The van der Waals surface area contributed by atoms with Gasteiger partial charge in [0.25, 0.3) is 5.56 Å². The molecule has 27 heavy (non-hydrogen) atoms. The average Bonchev–Trinajstić information content (AvgIpc) is 2.71. The van der Waals surface area contributed by atoms with Crippen molar-refractivity contribution < 1.29 is 14.3 Å². The first kappa shape index (κ1) is 18.4.